The summed E-state index contributed by atoms with van der Waals surface area (Å²) in [5, 5.41) is 9.63. The van der Waals surface area contributed by atoms with E-state index < -0.39 is 0 Å². The molecule has 4 aromatic rings. The number of nitrogens with zero attached hydrogens (tertiary/aromatic N) is 2. The van der Waals surface area contributed by atoms with Crippen molar-refractivity contribution in [3.8, 4) is 11.8 Å². The van der Waals surface area contributed by atoms with E-state index in [9.17, 15) is 9.65 Å². The molecule has 0 bridgehead atoms. The highest BCUT2D eigenvalue weighted by Crippen LogP contribution is 2.23. The maximum Gasteiger partial charge on any atom is 0.149 e. The molecule has 0 radical (unpaired) electrons. The summed E-state index contributed by atoms with van der Waals surface area (Å²) in [6, 6.07) is 20.0. The van der Waals surface area contributed by atoms with Crippen molar-refractivity contribution in [2.45, 2.75) is 20.5 Å². The van der Waals surface area contributed by atoms with E-state index in [1.54, 1.807) is 18.2 Å². The summed E-state index contributed by atoms with van der Waals surface area (Å²) in [5.41, 5.74) is 6.32. The number of ether oxygens (including phenoxy) is 1. The van der Waals surface area contributed by atoms with Crippen molar-refractivity contribution < 1.29 is 9.13 Å². The Balaban J connectivity index is 1.51. The van der Waals surface area contributed by atoms with Crippen LogP contribution < -0.4 is 4.74 Å². The fourth-order valence-corrected chi connectivity index (χ4v) is 3.12. The zero-order valence-electron chi connectivity index (χ0n) is 16.7. The Morgan fingerprint density at radius 3 is 2.47 bits per heavy atom. The van der Waals surface area contributed by atoms with E-state index in [1.165, 1.54) is 23.3 Å². The minimum absolute atomic E-state index is 0.266. The largest absolute Gasteiger partial charge is 0.489 e. The molecule has 0 atom stereocenters. The highest BCUT2D eigenvalue weighted by Gasteiger charge is 2.09. The number of aryl methyl sites for hydroxylation is 2. The first-order valence-corrected chi connectivity index (χ1v) is 9.58. The van der Waals surface area contributed by atoms with Crippen LogP contribution in [0.3, 0.4) is 0 Å². The summed E-state index contributed by atoms with van der Waals surface area (Å²) in [6.07, 6.45) is 1.79. The lowest BCUT2D eigenvalue weighted by Gasteiger charge is -2.06. The molecule has 30 heavy (non-hydrogen) atoms. The molecule has 4 rings (SSSR count). The lowest BCUT2D eigenvalue weighted by molar-refractivity contribution is 0.306. The number of benzene rings is 3. The molecule has 5 heteroatoms. The number of fused-ring (bicyclic) bond motifs is 1. The SMILES string of the molecule is Cc1cc2nc(/C(C#N)=C/c3ccc(OCc4ccc(F)cc4)cc3)[nH]c2cc1C. The maximum absolute atomic E-state index is 13.0. The van der Waals surface area contributed by atoms with E-state index in [0.717, 1.165) is 22.2 Å². The molecule has 0 aliphatic carbocycles. The first-order valence-electron chi connectivity index (χ1n) is 9.58. The zero-order valence-corrected chi connectivity index (χ0v) is 16.7. The molecular formula is C25H20FN3O. The van der Waals surface area contributed by atoms with Crippen LogP contribution in [0, 0.1) is 31.0 Å². The predicted octanol–water partition coefficient (Wildman–Crippen LogP) is 5.96. The third-order valence-corrected chi connectivity index (χ3v) is 4.98. The van der Waals surface area contributed by atoms with Gasteiger partial charge in [0.05, 0.1) is 16.6 Å². The second-order valence-corrected chi connectivity index (χ2v) is 7.19. The first kappa shape index (κ1) is 19.4. The van der Waals surface area contributed by atoms with Crippen molar-refractivity contribution in [3.63, 3.8) is 0 Å². The number of aromatic amines is 1. The second kappa shape index (κ2) is 8.22. The maximum atomic E-state index is 13.0. The summed E-state index contributed by atoms with van der Waals surface area (Å²) >= 11 is 0. The number of imidazole rings is 1. The van der Waals surface area contributed by atoms with Crippen molar-refractivity contribution in [1.82, 2.24) is 9.97 Å². The quantitative estimate of drug-likeness (QED) is 0.423. The first-order chi connectivity index (χ1) is 14.5. The fourth-order valence-electron chi connectivity index (χ4n) is 3.12. The van der Waals surface area contributed by atoms with Crippen LogP contribution in [0.1, 0.15) is 28.1 Å². The molecule has 148 valence electrons. The van der Waals surface area contributed by atoms with Crippen LogP contribution >= 0.6 is 0 Å². The number of aromatic nitrogens is 2. The van der Waals surface area contributed by atoms with E-state index in [0.29, 0.717) is 23.8 Å². The van der Waals surface area contributed by atoms with E-state index in [4.69, 9.17) is 4.74 Å². The number of allylic oxidation sites excluding steroid dienone is 1. The van der Waals surface area contributed by atoms with E-state index in [1.807, 2.05) is 43.3 Å². The van der Waals surface area contributed by atoms with E-state index >= 15 is 0 Å². The minimum Gasteiger partial charge on any atom is -0.489 e. The van der Waals surface area contributed by atoms with Gasteiger partial charge in [-0.1, -0.05) is 24.3 Å². The Bertz CT molecular complexity index is 1220. The normalized spacial score (nSPS) is 11.5. The van der Waals surface area contributed by atoms with Crippen molar-refractivity contribution in [3.05, 3.63) is 94.6 Å². The number of rotatable bonds is 5. The van der Waals surface area contributed by atoms with Gasteiger partial charge in [0.15, 0.2) is 0 Å². The van der Waals surface area contributed by atoms with Gasteiger partial charge in [-0.2, -0.15) is 5.26 Å². The van der Waals surface area contributed by atoms with Crippen LogP contribution in [0.2, 0.25) is 0 Å². The van der Waals surface area contributed by atoms with Crippen molar-refractivity contribution >= 4 is 22.7 Å². The minimum atomic E-state index is -0.266. The van der Waals surface area contributed by atoms with Gasteiger partial charge < -0.3 is 9.72 Å². The Kier molecular flexibility index (Phi) is 5.32. The molecule has 1 heterocycles. The third-order valence-electron chi connectivity index (χ3n) is 4.98. The van der Waals surface area contributed by atoms with E-state index in [-0.39, 0.29) is 5.82 Å². The van der Waals surface area contributed by atoms with Gasteiger partial charge in [0.1, 0.15) is 30.1 Å². The Morgan fingerprint density at radius 2 is 1.77 bits per heavy atom. The van der Waals surface area contributed by atoms with E-state index in [2.05, 4.69) is 23.0 Å². The van der Waals surface area contributed by atoms with Gasteiger partial charge in [-0.25, -0.2) is 9.37 Å². The predicted molar refractivity (Wildman–Crippen MR) is 116 cm³/mol. The van der Waals surface area contributed by atoms with Crippen molar-refractivity contribution in [2.75, 3.05) is 0 Å². The lowest BCUT2D eigenvalue weighted by atomic mass is 10.1. The van der Waals surface area contributed by atoms with Gasteiger partial charge in [-0.15, -0.1) is 0 Å². The molecule has 4 nitrogen and oxygen atoms in total. The lowest BCUT2D eigenvalue weighted by Crippen LogP contribution is -1.95. The molecule has 0 aliphatic rings. The van der Waals surface area contributed by atoms with Crippen LogP contribution in [-0.4, -0.2) is 9.97 Å². The van der Waals surface area contributed by atoms with Gasteiger partial charge in [0.2, 0.25) is 0 Å². The standard InChI is InChI=1S/C25H20FN3O/c1-16-11-23-24(12-17(16)2)29-25(28-23)20(14-27)13-18-5-9-22(10-6-18)30-15-19-3-7-21(26)8-4-19/h3-13H,15H2,1-2H3,(H,28,29)/b20-13+. The number of nitrogens with one attached hydrogen (secondary N) is 1. The van der Waals surface area contributed by atoms with Crippen LogP contribution in [-0.2, 0) is 6.61 Å². The Hall–Kier alpha value is -3.91. The van der Waals surface area contributed by atoms with Crippen LogP contribution in [0.4, 0.5) is 4.39 Å². The molecule has 3 aromatic carbocycles. The van der Waals surface area contributed by atoms with Crippen LogP contribution in [0.15, 0.2) is 60.7 Å². The second-order valence-electron chi connectivity index (χ2n) is 7.19. The summed E-state index contributed by atoms with van der Waals surface area (Å²) in [7, 11) is 0. The molecule has 0 saturated carbocycles. The number of H-pyrrole nitrogens is 1. The molecule has 1 N–H and O–H groups in total. The summed E-state index contributed by atoms with van der Waals surface area (Å²) in [5.74, 6) is 0.983. The van der Waals surface area contributed by atoms with Gasteiger partial charge in [0.25, 0.3) is 0 Å². The summed E-state index contributed by atoms with van der Waals surface area (Å²) < 4.78 is 18.7. The van der Waals surface area contributed by atoms with Crippen LogP contribution in [0.25, 0.3) is 22.7 Å². The van der Waals surface area contributed by atoms with Gasteiger partial charge in [-0.3, -0.25) is 0 Å². The highest BCUT2D eigenvalue weighted by atomic mass is 19.1. The molecular weight excluding hydrogens is 377 g/mol. The fraction of sp³-hybridized carbons (Fsp3) is 0.120. The smallest absolute Gasteiger partial charge is 0.149 e. The van der Waals surface area contributed by atoms with Gasteiger partial charge in [0, 0.05) is 0 Å². The topological polar surface area (TPSA) is 61.7 Å². The number of hydrogen-bond acceptors (Lipinski definition) is 3. The molecule has 0 aliphatic heterocycles. The van der Waals surface area contributed by atoms with Gasteiger partial charge in [-0.05, 0) is 78.6 Å². The molecule has 0 saturated heterocycles. The molecule has 0 spiro atoms. The molecule has 0 fully saturated rings. The molecule has 1 aromatic heterocycles. The van der Waals surface area contributed by atoms with Gasteiger partial charge >= 0.3 is 0 Å². The molecule has 0 unspecified atom stereocenters. The average Bonchev–Trinajstić information content (AvgIpc) is 3.15. The summed E-state index contributed by atoms with van der Waals surface area (Å²) in [4.78, 5) is 7.81. The van der Waals surface area contributed by atoms with Crippen LogP contribution in [0.5, 0.6) is 5.75 Å². The zero-order chi connectivity index (χ0) is 21.1. The monoisotopic (exact) mass is 397 g/mol. The average molecular weight is 397 g/mol. The highest BCUT2D eigenvalue weighted by molar-refractivity contribution is 5.90. The number of nitriles is 1. The Labute approximate surface area is 174 Å². The number of halogens is 1. The molecule has 0 amide bonds. The summed E-state index contributed by atoms with van der Waals surface area (Å²) in [6.45, 7) is 4.45. The van der Waals surface area contributed by atoms with Crippen molar-refractivity contribution in [1.29, 1.82) is 5.26 Å². The van der Waals surface area contributed by atoms with Crippen molar-refractivity contribution in [2.24, 2.45) is 0 Å². The number of hydrogen-bond donors (Lipinski definition) is 1. The third kappa shape index (κ3) is 4.23. The Morgan fingerprint density at radius 1 is 1.07 bits per heavy atom.